The molecule has 0 radical (unpaired) electrons. The molecule has 1 unspecified atom stereocenters. The third-order valence-electron chi connectivity index (χ3n) is 4.50. The number of benzene rings is 2. The molecular formula is C21H22N2O5. The number of nitro groups is 1. The fourth-order valence-electron chi connectivity index (χ4n) is 3.22. The van der Waals surface area contributed by atoms with E-state index in [1.54, 1.807) is 25.3 Å². The Bertz CT molecular complexity index is 936. The Morgan fingerprint density at radius 1 is 1.32 bits per heavy atom. The molecule has 0 saturated carbocycles. The molecule has 1 atom stereocenters. The number of methoxy groups -OCH3 is 1. The van der Waals surface area contributed by atoms with Gasteiger partial charge in [0, 0.05) is 30.2 Å². The number of hydrogen-bond donors (Lipinski definition) is 1. The van der Waals surface area contributed by atoms with Gasteiger partial charge in [0.15, 0.2) is 0 Å². The van der Waals surface area contributed by atoms with E-state index in [0.29, 0.717) is 23.5 Å². The second-order valence-electron chi connectivity index (χ2n) is 7.22. The van der Waals surface area contributed by atoms with Crippen LogP contribution in [0.5, 0.6) is 11.5 Å². The Morgan fingerprint density at radius 2 is 2.11 bits per heavy atom. The molecule has 0 saturated heterocycles. The van der Waals surface area contributed by atoms with Crippen LogP contribution in [0.4, 0.5) is 5.69 Å². The second kappa shape index (κ2) is 7.72. The van der Waals surface area contributed by atoms with Crippen LogP contribution in [-0.2, 0) is 4.79 Å². The molecule has 0 bridgehead atoms. The lowest BCUT2D eigenvalue weighted by atomic mass is 9.89. The first-order valence-electron chi connectivity index (χ1n) is 8.87. The highest BCUT2D eigenvalue weighted by Gasteiger charge is 2.34. The van der Waals surface area contributed by atoms with Crippen LogP contribution in [0.2, 0.25) is 0 Å². The van der Waals surface area contributed by atoms with Crippen molar-refractivity contribution in [2.24, 2.45) is 0 Å². The van der Waals surface area contributed by atoms with Gasteiger partial charge in [-0.05, 0) is 43.7 Å². The van der Waals surface area contributed by atoms with Crippen molar-refractivity contribution in [1.29, 1.82) is 0 Å². The number of rotatable bonds is 5. The fraction of sp³-hybridized carbons (Fsp3) is 0.286. The highest BCUT2D eigenvalue weighted by molar-refractivity contribution is 5.92. The van der Waals surface area contributed by atoms with Gasteiger partial charge >= 0.3 is 0 Å². The first-order valence-corrected chi connectivity index (χ1v) is 8.87. The zero-order valence-corrected chi connectivity index (χ0v) is 16.0. The molecular weight excluding hydrogens is 360 g/mol. The SMILES string of the molecule is COc1ccc2c(c1)C(NC(=O)/C=C/c1cccc([N+](=O)[O-])c1)CC(C)(C)O2. The number of fused-ring (bicyclic) bond motifs is 1. The monoisotopic (exact) mass is 382 g/mol. The number of nitro benzene ring substituents is 1. The normalized spacial score (nSPS) is 17.5. The van der Waals surface area contributed by atoms with Gasteiger partial charge in [-0.1, -0.05) is 12.1 Å². The topological polar surface area (TPSA) is 90.7 Å². The van der Waals surface area contributed by atoms with Crippen molar-refractivity contribution in [3.05, 3.63) is 69.8 Å². The van der Waals surface area contributed by atoms with Crippen molar-refractivity contribution in [3.63, 3.8) is 0 Å². The van der Waals surface area contributed by atoms with Gasteiger partial charge in [0.25, 0.3) is 5.69 Å². The standard InChI is InChI=1S/C21H22N2O5/c1-21(2)13-18(17-12-16(27-3)8-9-19(17)28-21)22-20(24)10-7-14-5-4-6-15(11-14)23(25)26/h4-12,18H,13H2,1-3H3,(H,22,24)/b10-7+. The molecule has 0 aromatic heterocycles. The Labute approximate surface area is 163 Å². The quantitative estimate of drug-likeness (QED) is 0.479. The summed E-state index contributed by atoms with van der Waals surface area (Å²) in [5.74, 6) is 1.11. The predicted octanol–water partition coefficient (Wildman–Crippen LogP) is 4.04. The van der Waals surface area contributed by atoms with Gasteiger partial charge in [0.2, 0.25) is 5.91 Å². The Morgan fingerprint density at radius 3 is 2.82 bits per heavy atom. The smallest absolute Gasteiger partial charge is 0.270 e. The first kappa shape index (κ1) is 19.4. The maximum Gasteiger partial charge on any atom is 0.270 e. The minimum Gasteiger partial charge on any atom is -0.497 e. The zero-order chi connectivity index (χ0) is 20.3. The van der Waals surface area contributed by atoms with Crippen LogP contribution in [0.25, 0.3) is 6.08 Å². The molecule has 0 fully saturated rings. The van der Waals surface area contributed by atoms with Crippen molar-refractivity contribution in [2.45, 2.75) is 31.9 Å². The van der Waals surface area contributed by atoms with E-state index in [2.05, 4.69) is 5.32 Å². The van der Waals surface area contributed by atoms with Crippen molar-refractivity contribution >= 4 is 17.7 Å². The number of ether oxygens (including phenoxy) is 2. The Hall–Kier alpha value is -3.35. The summed E-state index contributed by atoms with van der Waals surface area (Å²) >= 11 is 0. The molecule has 2 aromatic rings. The predicted molar refractivity (Wildman–Crippen MR) is 105 cm³/mol. The molecule has 0 spiro atoms. The van der Waals surface area contributed by atoms with E-state index >= 15 is 0 Å². The second-order valence-corrected chi connectivity index (χ2v) is 7.22. The summed E-state index contributed by atoms with van der Waals surface area (Å²) in [6.45, 7) is 3.94. The number of carbonyl (C=O) groups excluding carboxylic acids is 1. The minimum absolute atomic E-state index is 0.0187. The van der Waals surface area contributed by atoms with Gasteiger partial charge in [-0.15, -0.1) is 0 Å². The molecule has 1 N–H and O–H groups in total. The van der Waals surface area contributed by atoms with Gasteiger partial charge in [-0.3, -0.25) is 14.9 Å². The van der Waals surface area contributed by atoms with E-state index in [0.717, 1.165) is 5.56 Å². The van der Waals surface area contributed by atoms with Crippen LogP contribution < -0.4 is 14.8 Å². The van der Waals surface area contributed by atoms with Crippen LogP contribution in [0.15, 0.2) is 48.5 Å². The van der Waals surface area contributed by atoms with Crippen LogP contribution in [-0.4, -0.2) is 23.5 Å². The minimum atomic E-state index is -0.466. The Balaban J connectivity index is 1.78. The van der Waals surface area contributed by atoms with Crippen LogP contribution in [0.1, 0.15) is 37.4 Å². The lowest BCUT2D eigenvalue weighted by molar-refractivity contribution is -0.384. The molecule has 7 nitrogen and oxygen atoms in total. The summed E-state index contributed by atoms with van der Waals surface area (Å²) in [5, 5.41) is 13.9. The zero-order valence-electron chi connectivity index (χ0n) is 16.0. The van der Waals surface area contributed by atoms with E-state index in [-0.39, 0.29) is 17.6 Å². The number of carbonyl (C=O) groups is 1. The number of non-ortho nitro benzene ring substituents is 1. The van der Waals surface area contributed by atoms with Crippen LogP contribution in [0, 0.1) is 10.1 Å². The first-order chi connectivity index (χ1) is 13.3. The third-order valence-corrected chi connectivity index (χ3v) is 4.50. The van der Waals surface area contributed by atoms with Gasteiger partial charge < -0.3 is 14.8 Å². The summed E-state index contributed by atoms with van der Waals surface area (Å²) in [4.78, 5) is 22.9. The van der Waals surface area contributed by atoms with Gasteiger partial charge in [-0.25, -0.2) is 0 Å². The van der Waals surface area contributed by atoms with Gasteiger partial charge in [0.1, 0.15) is 17.1 Å². The molecule has 3 rings (SSSR count). The molecule has 1 aliphatic heterocycles. The maximum absolute atomic E-state index is 12.5. The lowest BCUT2D eigenvalue weighted by Gasteiger charge is -2.37. The molecule has 0 aliphatic carbocycles. The van der Waals surface area contributed by atoms with Crippen LogP contribution in [0.3, 0.4) is 0 Å². The highest BCUT2D eigenvalue weighted by atomic mass is 16.6. The van der Waals surface area contributed by atoms with Crippen molar-refractivity contribution in [2.75, 3.05) is 7.11 Å². The van der Waals surface area contributed by atoms with Crippen molar-refractivity contribution in [3.8, 4) is 11.5 Å². The molecule has 2 aromatic carbocycles. The number of nitrogens with one attached hydrogen (secondary N) is 1. The number of nitrogens with zero attached hydrogens (tertiary/aromatic N) is 1. The van der Waals surface area contributed by atoms with E-state index < -0.39 is 10.5 Å². The maximum atomic E-state index is 12.5. The highest BCUT2D eigenvalue weighted by Crippen LogP contribution is 2.41. The summed E-state index contributed by atoms with van der Waals surface area (Å²) in [6, 6.07) is 11.4. The van der Waals surface area contributed by atoms with E-state index in [1.807, 2.05) is 32.0 Å². The third kappa shape index (κ3) is 4.49. The average molecular weight is 382 g/mol. The fourth-order valence-corrected chi connectivity index (χ4v) is 3.22. The Kier molecular flexibility index (Phi) is 5.35. The summed E-state index contributed by atoms with van der Waals surface area (Å²) in [7, 11) is 1.59. The van der Waals surface area contributed by atoms with Gasteiger partial charge in [-0.2, -0.15) is 0 Å². The lowest BCUT2D eigenvalue weighted by Crippen LogP contribution is -2.40. The van der Waals surface area contributed by atoms with Crippen molar-refractivity contribution < 1.29 is 19.2 Å². The molecule has 7 heteroatoms. The average Bonchev–Trinajstić information content (AvgIpc) is 2.65. The molecule has 1 aliphatic rings. The van der Waals surface area contributed by atoms with E-state index in [1.165, 1.54) is 18.2 Å². The molecule has 1 heterocycles. The molecule has 28 heavy (non-hydrogen) atoms. The van der Waals surface area contributed by atoms with Gasteiger partial charge in [0.05, 0.1) is 18.1 Å². The van der Waals surface area contributed by atoms with Crippen molar-refractivity contribution in [1.82, 2.24) is 5.32 Å². The van der Waals surface area contributed by atoms with Crippen LogP contribution >= 0.6 is 0 Å². The number of amides is 1. The largest absolute Gasteiger partial charge is 0.497 e. The molecule has 146 valence electrons. The van der Waals surface area contributed by atoms with E-state index in [9.17, 15) is 14.9 Å². The summed E-state index contributed by atoms with van der Waals surface area (Å²) < 4.78 is 11.3. The summed E-state index contributed by atoms with van der Waals surface area (Å²) in [6.07, 6.45) is 3.53. The number of hydrogen-bond acceptors (Lipinski definition) is 5. The molecule has 1 amide bonds. The van der Waals surface area contributed by atoms with E-state index in [4.69, 9.17) is 9.47 Å². The summed E-state index contributed by atoms with van der Waals surface area (Å²) in [5.41, 5.74) is 0.993.